The smallest absolute Gasteiger partial charge is 0.243 e. The maximum Gasteiger partial charge on any atom is 0.243 e. The van der Waals surface area contributed by atoms with E-state index in [2.05, 4.69) is 22.0 Å². The van der Waals surface area contributed by atoms with Crippen LogP contribution in [-0.2, 0) is 0 Å². The van der Waals surface area contributed by atoms with E-state index in [1.807, 2.05) is 18.2 Å². The second-order valence-corrected chi connectivity index (χ2v) is 3.92. The van der Waals surface area contributed by atoms with Gasteiger partial charge in [0, 0.05) is 6.20 Å². The molecule has 0 aliphatic heterocycles. The minimum Gasteiger partial charge on any atom is -0.337 e. The molecule has 0 aliphatic rings. The zero-order valence-electron chi connectivity index (χ0n) is 9.84. The third-order valence-corrected chi connectivity index (χ3v) is 2.52. The lowest BCUT2D eigenvalue weighted by Gasteiger charge is -2.03. The largest absolute Gasteiger partial charge is 0.337 e. The van der Waals surface area contributed by atoms with Crippen LogP contribution < -0.4 is 5.73 Å². The van der Waals surface area contributed by atoms with Gasteiger partial charge in [0.15, 0.2) is 0 Å². The molecule has 0 aromatic carbocycles. The van der Waals surface area contributed by atoms with Crippen LogP contribution in [0.25, 0.3) is 11.5 Å². The summed E-state index contributed by atoms with van der Waals surface area (Å²) >= 11 is 0. The molecule has 2 rings (SSSR count). The molecule has 2 aromatic heterocycles. The van der Waals surface area contributed by atoms with Crippen molar-refractivity contribution in [3.8, 4) is 11.5 Å². The Hall–Kier alpha value is -1.75. The van der Waals surface area contributed by atoms with E-state index in [1.54, 1.807) is 6.20 Å². The summed E-state index contributed by atoms with van der Waals surface area (Å²) < 4.78 is 5.15. The van der Waals surface area contributed by atoms with Crippen LogP contribution in [0.5, 0.6) is 0 Å². The summed E-state index contributed by atoms with van der Waals surface area (Å²) in [6, 6.07) is 5.39. The van der Waals surface area contributed by atoms with Gasteiger partial charge in [0.2, 0.25) is 11.7 Å². The quantitative estimate of drug-likeness (QED) is 0.855. The van der Waals surface area contributed by atoms with Crippen molar-refractivity contribution in [3.05, 3.63) is 30.3 Å². The highest BCUT2D eigenvalue weighted by molar-refractivity contribution is 5.47. The molecule has 2 aromatic rings. The van der Waals surface area contributed by atoms with Gasteiger partial charge < -0.3 is 10.3 Å². The van der Waals surface area contributed by atoms with Gasteiger partial charge >= 0.3 is 0 Å². The lowest BCUT2D eigenvalue weighted by Crippen LogP contribution is -2.10. The van der Waals surface area contributed by atoms with Crippen molar-refractivity contribution in [2.45, 2.75) is 32.2 Å². The average Bonchev–Trinajstić information content (AvgIpc) is 2.86. The molecule has 0 amide bonds. The van der Waals surface area contributed by atoms with Crippen LogP contribution in [0, 0.1) is 0 Å². The minimum atomic E-state index is -0.181. The maximum atomic E-state index is 5.96. The normalized spacial score (nSPS) is 12.6. The van der Waals surface area contributed by atoms with Crippen molar-refractivity contribution in [2.75, 3.05) is 0 Å². The zero-order chi connectivity index (χ0) is 12.1. The van der Waals surface area contributed by atoms with Crippen LogP contribution in [0.3, 0.4) is 0 Å². The number of nitrogens with two attached hydrogens (primary N) is 1. The summed E-state index contributed by atoms with van der Waals surface area (Å²) in [6.45, 7) is 2.12. The third kappa shape index (κ3) is 2.88. The summed E-state index contributed by atoms with van der Waals surface area (Å²) in [6.07, 6.45) is 4.72. The minimum absolute atomic E-state index is 0.181. The molecule has 2 heterocycles. The molecule has 1 unspecified atom stereocenters. The van der Waals surface area contributed by atoms with Crippen LogP contribution >= 0.6 is 0 Å². The van der Waals surface area contributed by atoms with Gasteiger partial charge in [-0.25, -0.2) is 0 Å². The molecule has 0 radical (unpaired) electrons. The molecule has 0 aliphatic carbocycles. The van der Waals surface area contributed by atoms with Crippen LogP contribution in [-0.4, -0.2) is 15.1 Å². The molecular weight excluding hydrogens is 216 g/mol. The summed E-state index contributed by atoms with van der Waals surface area (Å²) in [7, 11) is 0. The van der Waals surface area contributed by atoms with Crippen LogP contribution in [0.2, 0.25) is 0 Å². The zero-order valence-corrected chi connectivity index (χ0v) is 9.84. The van der Waals surface area contributed by atoms with E-state index in [1.165, 1.54) is 0 Å². The molecule has 0 saturated heterocycles. The Morgan fingerprint density at radius 1 is 1.41 bits per heavy atom. The molecule has 0 saturated carbocycles. The highest BCUT2D eigenvalue weighted by Gasteiger charge is 2.15. The van der Waals surface area contributed by atoms with Crippen molar-refractivity contribution < 1.29 is 4.52 Å². The lowest BCUT2D eigenvalue weighted by molar-refractivity contribution is 0.346. The first-order valence-electron chi connectivity index (χ1n) is 5.82. The summed E-state index contributed by atoms with van der Waals surface area (Å²) in [4.78, 5) is 8.43. The topological polar surface area (TPSA) is 77.8 Å². The van der Waals surface area contributed by atoms with Crippen LogP contribution in [0.15, 0.2) is 28.9 Å². The van der Waals surface area contributed by atoms with Gasteiger partial charge in [-0.1, -0.05) is 31.0 Å². The molecule has 0 bridgehead atoms. The highest BCUT2D eigenvalue weighted by atomic mass is 16.5. The Labute approximate surface area is 100 Å². The van der Waals surface area contributed by atoms with Crippen LogP contribution in [0.1, 0.15) is 38.1 Å². The fourth-order valence-electron chi connectivity index (χ4n) is 1.53. The Morgan fingerprint density at radius 3 is 3.00 bits per heavy atom. The van der Waals surface area contributed by atoms with Crippen molar-refractivity contribution in [1.29, 1.82) is 0 Å². The monoisotopic (exact) mass is 232 g/mol. The fraction of sp³-hybridized carbons (Fsp3) is 0.417. The second-order valence-electron chi connectivity index (χ2n) is 3.92. The van der Waals surface area contributed by atoms with E-state index >= 15 is 0 Å². The van der Waals surface area contributed by atoms with Gasteiger partial charge in [-0.15, -0.1) is 0 Å². The Bertz CT molecular complexity index is 455. The van der Waals surface area contributed by atoms with Crippen LogP contribution in [0.4, 0.5) is 0 Å². The molecule has 1 atom stereocenters. The van der Waals surface area contributed by atoms with Gasteiger partial charge in [-0.05, 0) is 18.6 Å². The van der Waals surface area contributed by atoms with Gasteiger partial charge in [0.1, 0.15) is 5.69 Å². The molecule has 17 heavy (non-hydrogen) atoms. The highest BCUT2D eigenvalue weighted by Crippen LogP contribution is 2.18. The summed E-state index contributed by atoms with van der Waals surface area (Å²) in [5, 5.41) is 3.89. The number of rotatable bonds is 5. The first-order chi connectivity index (χ1) is 8.31. The summed E-state index contributed by atoms with van der Waals surface area (Å²) in [5.74, 6) is 0.978. The molecule has 90 valence electrons. The maximum absolute atomic E-state index is 5.96. The molecule has 0 fully saturated rings. The fourth-order valence-corrected chi connectivity index (χ4v) is 1.53. The average molecular weight is 232 g/mol. The van der Waals surface area contributed by atoms with Gasteiger partial charge in [0.25, 0.3) is 0 Å². The lowest BCUT2D eigenvalue weighted by atomic mass is 10.1. The summed E-state index contributed by atoms with van der Waals surface area (Å²) in [5.41, 5.74) is 6.66. The van der Waals surface area contributed by atoms with E-state index in [0.29, 0.717) is 17.4 Å². The Kier molecular flexibility index (Phi) is 3.82. The molecule has 0 spiro atoms. The van der Waals surface area contributed by atoms with Crippen molar-refractivity contribution >= 4 is 0 Å². The molecule has 5 nitrogen and oxygen atoms in total. The number of nitrogens with zero attached hydrogens (tertiary/aromatic N) is 3. The standard InChI is InChI=1S/C12H16N4O/c1-2-3-6-9(13)12-15-11(16-17-12)10-7-4-5-8-14-10/h4-5,7-9H,2-3,6,13H2,1H3. The molecule has 2 N–H and O–H groups in total. The number of aromatic nitrogens is 3. The molecular formula is C12H16N4O. The van der Waals surface area contributed by atoms with Gasteiger partial charge in [-0.3, -0.25) is 4.98 Å². The van der Waals surface area contributed by atoms with Gasteiger partial charge in [-0.2, -0.15) is 4.98 Å². The number of pyridine rings is 1. The predicted octanol–water partition coefficient (Wildman–Crippen LogP) is 2.32. The van der Waals surface area contributed by atoms with E-state index in [9.17, 15) is 0 Å². The molecule has 5 heteroatoms. The van der Waals surface area contributed by atoms with E-state index in [-0.39, 0.29) is 6.04 Å². The van der Waals surface area contributed by atoms with Crippen molar-refractivity contribution in [1.82, 2.24) is 15.1 Å². The third-order valence-electron chi connectivity index (χ3n) is 2.52. The first-order valence-corrected chi connectivity index (χ1v) is 5.82. The van der Waals surface area contributed by atoms with E-state index < -0.39 is 0 Å². The first kappa shape index (κ1) is 11.7. The number of unbranched alkanes of at least 4 members (excludes halogenated alkanes) is 1. The number of hydrogen-bond acceptors (Lipinski definition) is 5. The van der Waals surface area contributed by atoms with Gasteiger partial charge in [0.05, 0.1) is 6.04 Å². The predicted molar refractivity (Wildman–Crippen MR) is 64.0 cm³/mol. The second kappa shape index (κ2) is 5.54. The Morgan fingerprint density at radius 2 is 2.29 bits per heavy atom. The Balaban J connectivity index is 2.11. The SMILES string of the molecule is CCCCC(N)c1nc(-c2ccccn2)no1. The number of hydrogen-bond donors (Lipinski definition) is 1. The van der Waals surface area contributed by atoms with Crippen molar-refractivity contribution in [3.63, 3.8) is 0 Å². The van der Waals surface area contributed by atoms with Crippen molar-refractivity contribution in [2.24, 2.45) is 5.73 Å². The van der Waals surface area contributed by atoms with E-state index in [4.69, 9.17) is 10.3 Å². The van der Waals surface area contributed by atoms with E-state index in [0.717, 1.165) is 19.3 Å².